The molecular formula is C8H16N2. The first-order valence-electron chi connectivity index (χ1n) is 4.32. The molecule has 2 unspecified atom stereocenters. The second kappa shape index (κ2) is 2.51. The van der Waals surface area contributed by atoms with Crippen LogP contribution in [0.4, 0.5) is 0 Å². The molecule has 0 aliphatic carbocycles. The van der Waals surface area contributed by atoms with Gasteiger partial charge in [0.1, 0.15) is 0 Å². The number of fused-ring (bicyclic) bond motifs is 2. The van der Waals surface area contributed by atoms with Gasteiger partial charge in [0.05, 0.1) is 0 Å². The van der Waals surface area contributed by atoms with Crippen LogP contribution >= 0.6 is 0 Å². The highest BCUT2D eigenvalue weighted by molar-refractivity contribution is 4.94. The molecule has 58 valence electrons. The lowest BCUT2D eigenvalue weighted by Crippen LogP contribution is -2.45. The van der Waals surface area contributed by atoms with Gasteiger partial charge in [-0.1, -0.05) is 0 Å². The molecule has 2 bridgehead atoms. The summed E-state index contributed by atoms with van der Waals surface area (Å²) in [7, 11) is 2.08. The van der Waals surface area contributed by atoms with E-state index in [9.17, 15) is 0 Å². The van der Waals surface area contributed by atoms with Crippen molar-refractivity contribution in [3.8, 4) is 0 Å². The van der Waals surface area contributed by atoms with Gasteiger partial charge in [0.25, 0.3) is 0 Å². The third-order valence-electron chi connectivity index (χ3n) is 2.88. The number of nitrogens with one attached hydrogen (secondary N) is 2. The third-order valence-corrected chi connectivity index (χ3v) is 2.88. The van der Waals surface area contributed by atoms with E-state index in [2.05, 4.69) is 17.7 Å². The zero-order chi connectivity index (χ0) is 6.97. The van der Waals surface area contributed by atoms with Crippen LogP contribution in [0.3, 0.4) is 0 Å². The van der Waals surface area contributed by atoms with E-state index in [1.54, 1.807) is 0 Å². The van der Waals surface area contributed by atoms with Gasteiger partial charge in [-0.2, -0.15) is 0 Å². The first-order valence-corrected chi connectivity index (χ1v) is 4.32. The van der Waals surface area contributed by atoms with E-state index in [-0.39, 0.29) is 0 Å². The van der Waals surface area contributed by atoms with Crippen LogP contribution < -0.4 is 10.6 Å². The van der Waals surface area contributed by atoms with Gasteiger partial charge in [0.15, 0.2) is 0 Å². The summed E-state index contributed by atoms with van der Waals surface area (Å²) in [5.74, 6) is 0. The smallest absolute Gasteiger partial charge is 0.00936 e. The lowest BCUT2D eigenvalue weighted by atomic mass is 10.0. The number of rotatable bonds is 1. The summed E-state index contributed by atoms with van der Waals surface area (Å²) in [6.07, 6.45) is 5.49. The van der Waals surface area contributed by atoms with Crippen LogP contribution in [0.15, 0.2) is 0 Å². The quantitative estimate of drug-likeness (QED) is 0.554. The number of piperidine rings is 1. The van der Waals surface area contributed by atoms with E-state index in [0.717, 1.165) is 18.1 Å². The largest absolute Gasteiger partial charge is 0.317 e. The van der Waals surface area contributed by atoms with Gasteiger partial charge < -0.3 is 10.6 Å². The van der Waals surface area contributed by atoms with Gasteiger partial charge in [0, 0.05) is 18.1 Å². The molecular weight excluding hydrogens is 124 g/mol. The normalized spacial score (nSPS) is 45.9. The summed E-state index contributed by atoms with van der Waals surface area (Å²) in [4.78, 5) is 0. The van der Waals surface area contributed by atoms with Crippen LogP contribution in [0.1, 0.15) is 25.7 Å². The lowest BCUT2D eigenvalue weighted by Gasteiger charge is -2.28. The minimum absolute atomic E-state index is 0.791. The van der Waals surface area contributed by atoms with Gasteiger partial charge in [0.2, 0.25) is 0 Å². The van der Waals surface area contributed by atoms with Crippen molar-refractivity contribution < 1.29 is 0 Å². The van der Waals surface area contributed by atoms with Crippen molar-refractivity contribution in [1.82, 2.24) is 10.6 Å². The van der Waals surface area contributed by atoms with E-state index >= 15 is 0 Å². The van der Waals surface area contributed by atoms with Crippen molar-refractivity contribution in [2.24, 2.45) is 0 Å². The highest BCUT2D eigenvalue weighted by Gasteiger charge is 2.32. The van der Waals surface area contributed by atoms with Crippen LogP contribution in [0.25, 0.3) is 0 Å². The Hall–Kier alpha value is -0.0800. The van der Waals surface area contributed by atoms with E-state index in [1.165, 1.54) is 25.7 Å². The van der Waals surface area contributed by atoms with E-state index < -0.39 is 0 Å². The molecule has 2 aliphatic heterocycles. The fourth-order valence-electron chi connectivity index (χ4n) is 2.29. The summed E-state index contributed by atoms with van der Waals surface area (Å²) >= 11 is 0. The molecule has 2 rings (SSSR count). The highest BCUT2D eigenvalue weighted by Crippen LogP contribution is 2.26. The van der Waals surface area contributed by atoms with Crippen LogP contribution in [0.5, 0.6) is 0 Å². The molecule has 10 heavy (non-hydrogen) atoms. The molecule has 2 heterocycles. The van der Waals surface area contributed by atoms with Crippen LogP contribution in [-0.2, 0) is 0 Å². The van der Waals surface area contributed by atoms with Crippen LogP contribution in [0, 0.1) is 0 Å². The van der Waals surface area contributed by atoms with E-state index in [0.29, 0.717) is 0 Å². The SMILES string of the molecule is CNC1CC2CCC(C1)N2. The Morgan fingerprint density at radius 1 is 1.20 bits per heavy atom. The molecule has 2 N–H and O–H groups in total. The fourth-order valence-corrected chi connectivity index (χ4v) is 2.29. The molecule has 2 heteroatoms. The second-order valence-electron chi connectivity index (χ2n) is 3.59. The predicted octanol–water partition coefficient (Wildman–Crippen LogP) is 0.489. The molecule has 0 amide bonds. The predicted molar refractivity (Wildman–Crippen MR) is 42.0 cm³/mol. The van der Waals surface area contributed by atoms with Gasteiger partial charge in [-0.3, -0.25) is 0 Å². The number of hydrogen-bond donors (Lipinski definition) is 2. The van der Waals surface area contributed by atoms with Gasteiger partial charge >= 0.3 is 0 Å². The molecule has 2 fully saturated rings. The van der Waals surface area contributed by atoms with Crippen molar-refractivity contribution >= 4 is 0 Å². The maximum atomic E-state index is 3.61. The zero-order valence-electron chi connectivity index (χ0n) is 6.56. The third kappa shape index (κ3) is 1.06. The van der Waals surface area contributed by atoms with Crippen molar-refractivity contribution in [1.29, 1.82) is 0 Å². The fraction of sp³-hybridized carbons (Fsp3) is 1.00. The summed E-state index contributed by atoms with van der Waals surface area (Å²) in [5, 5.41) is 6.98. The monoisotopic (exact) mass is 140 g/mol. The molecule has 0 radical (unpaired) electrons. The molecule has 2 atom stereocenters. The Balaban J connectivity index is 1.96. The maximum absolute atomic E-state index is 3.61. The molecule has 2 aliphatic rings. The summed E-state index contributed by atoms with van der Waals surface area (Å²) in [5.41, 5.74) is 0. The molecule has 2 saturated heterocycles. The molecule has 0 saturated carbocycles. The Bertz CT molecular complexity index is 112. The Morgan fingerprint density at radius 2 is 1.80 bits per heavy atom. The van der Waals surface area contributed by atoms with Crippen molar-refractivity contribution in [3.05, 3.63) is 0 Å². The van der Waals surface area contributed by atoms with Crippen LogP contribution in [0.2, 0.25) is 0 Å². The molecule has 0 aromatic carbocycles. The summed E-state index contributed by atoms with van der Waals surface area (Å²) < 4.78 is 0. The second-order valence-corrected chi connectivity index (χ2v) is 3.59. The molecule has 2 nitrogen and oxygen atoms in total. The average Bonchev–Trinajstić information content (AvgIpc) is 2.30. The number of hydrogen-bond acceptors (Lipinski definition) is 2. The van der Waals surface area contributed by atoms with Crippen molar-refractivity contribution in [2.45, 2.75) is 43.8 Å². The van der Waals surface area contributed by atoms with Gasteiger partial charge in [-0.25, -0.2) is 0 Å². The highest BCUT2D eigenvalue weighted by atomic mass is 15.0. The lowest BCUT2D eigenvalue weighted by molar-refractivity contribution is 0.331. The van der Waals surface area contributed by atoms with Crippen molar-refractivity contribution in [2.75, 3.05) is 7.05 Å². The Kier molecular flexibility index (Phi) is 1.66. The van der Waals surface area contributed by atoms with Crippen molar-refractivity contribution in [3.63, 3.8) is 0 Å². The summed E-state index contributed by atoms with van der Waals surface area (Å²) in [6, 6.07) is 2.45. The first-order chi connectivity index (χ1) is 4.88. The van der Waals surface area contributed by atoms with E-state index in [1.807, 2.05) is 0 Å². The van der Waals surface area contributed by atoms with Gasteiger partial charge in [-0.15, -0.1) is 0 Å². The van der Waals surface area contributed by atoms with Crippen LogP contribution in [-0.4, -0.2) is 25.2 Å². The minimum atomic E-state index is 0.791. The maximum Gasteiger partial charge on any atom is 0.00936 e. The van der Waals surface area contributed by atoms with E-state index in [4.69, 9.17) is 0 Å². The minimum Gasteiger partial charge on any atom is -0.317 e. The standard InChI is InChI=1S/C8H16N2/c1-9-8-4-6-2-3-7(5-8)10-6/h6-10H,2-5H2,1H3. The van der Waals surface area contributed by atoms with Gasteiger partial charge in [-0.05, 0) is 32.7 Å². The molecule has 0 aromatic rings. The zero-order valence-corrected chi connectivity index (χ0v) is 6.56. The average molecular weight is 140 g/mol. The molecule has 0 spiro atoms. The Morgan fingerprint density at radius 3 is 2.30 bits per heavy atom. The topological polar surface area (TPSA) is 24.1 Å². The first kappa shape index (κ1) is 6.62. The molecule has 0 aromatic heterocycles. The Labute approximate surface area is 62.4 Å². The summed E-state index contributed by atoms with van der Waals surface area (Å²) in [6.45, 7) is 0.